The third-order valence-corrected chi connectivity index (χ3v) is 4.10. The van der Waals surface area contributed by atoms with Crippen molar-refractivity contribution in [2.45, 2.75) is 20.3 Å². The number of nitrogens with zero attached hydrogens (tertiary/aromatic N) is 1. The SMILES string of the molecule is Cc1ccc(NC(=O)/C(C#N)=C\c2cccc3c2OCCCO3)c(C)c1. The number of carbonyl (C=O) groups is 1. The van der Waals surface area contributed by atoms with E-state index in [4.69, 9.17) is 9.47 Å². The third-order valence-electron chi connectivity index (χ3n) is 4.10. The van der Waals surface area contributed by atoms with Crippen LogP contribution in [0.25, 0.3) is 6.08 Å². The van der Waals surface area contributed by atoms with Crippen molar-refractivity contribution in [3.63, 3.8) is 0 Å². The number of nitriles is 1. The Kier molecular flexibility index (Phi) is 5.23. The van der Waals surface area contributed by atoms with Crippen molar-refractivity contribution in [3.8, 4) is 17.6 Å². The van der Waals surface area contributed by atoms with Gasteiger partial charge in [0.2, 0.25) is 0 Å². The number of amides is 1. The summed E-state index contributed by atoms with van der Waals surface area (Å²) in [6, 6.07) is 13.1. The van der Waals surface area contributed by atoms with Crippen molar-refractivity contribution in [1.29, 1.82) is 5.26 Å². The van der Waals surface area contributed by atoms with Crippen LogP contribution in [0.4, 0.5) is 5.69 Å². The van der Waals surface area contributed by atoms with E-state index in [9.17, 15) is 10.1 Å². The summed E-state index contributed by atoms with van der Waals surface area (Å²) < 4.78 is 11.4. The molecule has 0 radical (unpaired) electrons. The van der Waals surface area contributed by atoms with Gasteiger partial charge in [0.15, 0.2) is 11.5 Å². The van der Waals surface area contributed by atoms with Gasteiger partial charge in [0.1, 0.15) is 11.6 Å². The van der Waals surface area contributed by atoms with E-state index in [1.165, 1.54) is 6.08 Å². The van der Waals surface area contributed by atoms with Crippen LogP contribution < -0.4 is 14.8 Å². The van der Waals surface area contributed by atoms with Gasteiger partial charge in [-0.05, 0) is 37.6 Å². The minimum absolute atomic E-state index is 0.00576. The molecule has 1 N–H and O–H groups in total. The molecule has 132 valence electrons. The van der Waals surface area contributed by atoms with Gasteiger partial charge in [0.25, 0.3) is 5.91 Å². The summed E-state index contributed by atoms with van der Waals surface area (Å²) in [5.74, 6) is 0.743. The molecule has 1 aliphatic rings. The molecule has 26 heavy (non-hydrogen) atoms. The topological polar surface area (TPSA) is 71.4 Å². The van der Waals surface area contributed by atoms with Gasteiger partial charge in [0, 0.05) is 17.7 Å². The summed E-state index contributed by atoms with van der Waals surface area (Å²) in [5.41, 5.74) is 3.40. The highest BCUT2D eigenvalue weighted by Crippen LogP contribution is 2.34. The molecule has 0 aliphatic carbocycles. The Hall–Kier alpha value is -3.26. The summed E-state index contributed by atoms with van der Waals surface area (Å²) in [7, 11) is 0. The van der Waals surface area contributed by atoms with Crippen LogP contribution in [-0.4, -0.2) is 19.1 Å². The number of carbonyl (C=O) groups excluding carboxylic acids is 1. The normalized spacial score (nSPS) is 13.5. The Balaban J connectivity index is 1.89. The van der Waals surface area contributed by atoms with Crippen LogP contribution in [0.5, 0.6) is 11.5 Å². The molecule has 1 amide bonds. The van der Waals surface area contributed by atoms with Crippen LogP contribution in [0.3, 0.4) is 0 Å². The van der Waals surface area contributed by atoms with E-state index in [1.54, 1.807) is 6.07 Å². The summed E-state index contributed by atoms with van der Waals surface area (Å²) in [6.07, 6.45) is 2.32. The summed E-state index contributed by atoms with van der Waals surface area (Å²) >= 11 is 0. The lowest BCUT2D eigenvalue weighted by Gasteiger charge is -2.11. The van der Waals surface area contributed by atoms with Gasteiger partial charge < -0.3 is 14.8 Å². The minimum atomic E-state index is -0.452. The summed E-state index contributed by atoms with van der Waals surface area (Å²) in [5, 5.41) is 12.3. The molecule has 0 aromatic heterocycles. The molecule has 0 spiro atoms. The second-order valence-electron chi connectivity index (χ2n) is 6.17. The molecule has 2 aromatic carbocycles. The van der Waals surface area contributed by atoms with E-state index >= 15 is 0 Å². The molecule has 0 saturated heterocycles. The Labute approximate surface area is 152 Å². The molecule has 0 unspecified atom stereocenters. The zero-order valence-corrected chi connectivity index (χ0v) is 14.8. The molecule has 5 heteroatoms. The number of aryl methyl sites for hydroxylation is 2. The summed E-state index contributed by atoms with van der Waals surface area (Å²) in [4.78, 5) is 12.5. The average molecular weight is 348 g/mol. The predicted octanol–water partition coefficient (Wildman–Crippen LogP) is 4.01. The van der Waals surface area contributed by atoms with Crippen LogP contribution in [0.2, 0.25) is 0 Å². The zero-order valence-electron chi connectivity index (χ0n) is 14.8. The quantitative estimate of drug-likeness (QED) is 0.672. The molecule has 0 bridgehead atoms. The fraction of sp³-hybridized carbons (Fsp3) is 0.238. The fourth-order valence-corrected chi connectivity index (χ4v) is 2.78. The molecule has 0 saturated carbocycles. The van der Waals surface area contributed by atoms with Gasteiger partial charge >= 0.3 is 0 Å². The number of ether oxygens (including phenoxy) is 2. The first-order valence-corrected chi connectivity index (χ1v) is 8.47. The highest BCUT2D eigenvalue weighted by molar-refractivity contribution is 6.10. The Morgan fingerprint density at radius 1 is 1.19 bits per heavy atom. The maximum Gasteiger partial charge on any atom is 0.266 e. The molecule has 0 atom stereocenters. The van der Waals surface area contributed by atoms with E-state index in [2.05, 4.69) is 5.32 Å². The number of benzene rings is 2. The zero-order chi connectivity index (χ0) is 18.5. The smallest absolute Gasteiger partial charge is 0.266 e. The van der Waals surface area contributed by atoms with Gasteiger partial charge in [-0.15, -0.1) is 0 Å². The standard InChI is InChI=1S/C21H20N2O3/c1-14-7-8-18(15(2)11-14)23-21(24)17(13-22)12-16-5-3-6-19-20(16)26-10-4-9-25-19/h3,5-8,11-12H,4,9-10H2,1-2H3,(H,23,24)/b17-12-. The van der Waals surface area contributed by atoms with Crippen LogP contribution in [-0.2, 0) is 4.79 Å². The molecule has 3 rings (SSSR count). The highest BCUT2D eigenvalue weighted by Gasteiger charge is 2.16. The lowest BCUT2D eigenvalue weighted by Crippen LogP contribution is -2.14. The molecule has 1 aliphatic heterocycles. The van der Waals surface area contributed by atoms with E-state index in [-0.39, 0.29) is 5.57 Å². The van der Waals surface area contributed by atoms with Gasteiger partial charge in [-0.25, -0.2) is 0 Å². The monoisotopic (exact) mass is 348 g/mol. The Morgan fingerprint density at radius 2 is 2.00 bits per heavy atom. The van der Waals surface area contributed by atoms with E-state index in [1.807, 2.05) is 50.2 Å². The van der Waals surface area contributed by atoms with Gasteiger partial charge in [0.05, 0.1) is 13.2 Å². The van der Waals surface area contributed by atoms with Crippen LogP contribution in [0.1, 0.15) is 23.1 Å². The predicted molar refractivity (Wildman–Crippen MR) is 100 cm³/mol. The second-order valence-corrected chi connectivity index (χ2v) is 6.17. The lowest BCUT2D eigenvalue weighted by molar-refractivity contribution is -0.112. The van der Waals surface area contributed by atoms with Crippen LogP contribution in [0.15, 0.2) is 42.0 Å². The summed E-state index contributed by atoms with van der Waals surface area (Å²) in [6.45, 7) is 5.02. The number of rotatable bonds is 3. The van der Waals surface area contributed by atoms with E-state index in [0.717, 1.165) is 17.5 Å². The van der Waals surface area contributed by atoms with Crippen molar-refractivity contribution in [2.75, 3.05) is 18.5 Å². The highest BCUT2D eigenvalue weighted by atomic mass is 16.5. The Morgan fingerprint density at radius 3 is 2.77 bits per heavy atom. The lowest BCUT2D eigenvalue weighted by atomic mass is 10.1. The maximum absolute atomic E-state index is 12.5. The van der Waals surface area contributed by atoms with Gasteiger partial charge in [-0.1, -0.05) is 29.8 Å². The first-order valence-electron chi connectivity index (χ1n) is 8.47. The van der Waals surface area contributed by atoms with Gasteiger partial charge in [-0.2, -0.15) is 5.26 Å². The molecule has 1 heterocycles. The number of hydrogen-bond acceptors (Lipinski definition) is 4. The molecule has 2 aromatic rings. The number of anilines is 1. The number of para-hydroxylation sites is 1. The van der Waals surface area contributed by atoms with Crippen LogP contribution >= 0.6 is 0 Å². The van der Waals surface area contributed by atoms with Crippen molar-refractivity contribution < 1.29 is 14.3 Å². The number of fused-ring (bicyclic) bond motifs is 1. The Bertz CT molecular complexity index is 910. The van der Waals surface area contributed by atoms with Crippen LogP contribution in [0, 0.1) is 25.2 Å². The average Bonchev–Trinajstić information content (AvgIpc) is 2.88. The van der Waals surface area contributed by atoms with Crippen molar-refractivity contribution in [2.24, 2.45) is 0 Å². The third kappa shape index (κ3) is 3.86. The largest absolute Gasteiger partial charge is 0.490 e. The molecule has 5 nitrogen and oxygen atoms in total. The van der Waals surface area contributed by atoms with E-state index < -0.39 is 5.91 Å². The first kappa shape index (κ1) is 17.6. The first-order chi connectivity index (χ1) is 12.6. The van der Waals surface area contributed by atoms with Crippen molar-refractivity contribution in [1.82, 2.24) is 0 Å². The minimum Gasteiger partial charge on any atom is -0.490 e. The maximum atomic E-state index is 12.5. The fourth-order valence-electron chi connectivity index (χ4n) is 2.78. The number of nitrogens with one attached hydrogen (secondary N) is 1. The van der Waals surface area contributed by atoms with E-state index in [0.29, 0.717) is 36.0 Å². The second kappa shape index (κ2) is 7.75. The van der Waals surface area contributed by atoms with Crippen molar-refractivity contribution in [3.05, 3.63) is 58.7 Å². The molecular weight excluding hydrogens is 328 g/mol. The van der Waals surface area contributed by atoms with Crippen molar-refractivity contribution >= 4 is 17.7 Å². The number of hydrogen-bond donors (Lipinski definition) is 1. The molecule has 0 fully saturated rings. The molecular formula is C21H20N2O3. The van der Waals surface area contributed by atoms with Gasteiger partial charge in [-0.3, -0.25) is 4.79 Å².